The number of phenols is 1. The molecule has 1 aromatic carbocycles. The zero-order valence-electron chi connectivity index (χ0n) is 8.08. The molecule has 0 atom stereocenters. The Morgan fingerprint density at radius 1 is 1.47 bits per heavy atom. The fourth-order valence-corrected chi connectivity index (χ4v) is 0.756. The normalized spacial score (nSPS) is 7.33. The molecule has 0 unspecified atom stereocenters. The maximum absolute atomic E-state index is 9.12. The predicted molar refractivity (Wildman–Crippen MR) is 50.6 cm³/mol. The minimum atomic E-state index is 0. The van der Waals surface area contributed by atoms with Crippen LogP contribution in [0.5, 0.6) is 5.75 Å². The van der Waals surface area contributed by atoms with E-state index in [-0.39, 0.29) is 34.9 Å². The first-order valence-electron chi connectivity index (χ1n) is 3.71. The SMILES string of the molecule is C[C-]=O.[Cl-].[Co+3].[NH-]NCc1ccccc1O. The van der Waals surface area contributed by atoms with Gasteiger partial charge in [0.05, 0.1) is 0 Å². The van der Waals surface area contributed by atoms with Gasteiger partial charge in [-0.25, -0.2) is 0 Å². The van der Waals surface area contributed by atoms with E-state index in [1.165, 1.54) is 13.2 Å². The van der Waals surface area contributed by atoms with Gasteiger partial charge in [-0.1, -0.05) is 18.2 Å². The van der Waals surface area contributed by atoms with Gasteiger partial charge in [0, 0.05) is 12.1 Å². The standard InChI is InChI=1S/C7H9N2O.C2H3O.ClH.Co/c8-9-5-6-3-1-2-4-7(6)10;1-2-3;;/h1-4,8-10H,5H2;1H3;1H;/q2*-1;;+3/p-1. The van der Waals surface area contributed by atoms with Crippen molar-refractivity contribution in [3.8, 4) is 5.75 Å². The number of benzene rings is 1. The fraction of sp³-hybridized carbons (Fsp3) is 0.222. The van der Waals surface area contributed by atoms with E-state index in [0.29, 0.717) is 6.54 Å². The summed E-state index contributed by atoms with van der Waals surface area (Å²) in [7, 11) is 0. The Hall–Kier alpha value is -0.594. The number of nitrogens with one attached hydrogen (secondary N) is 2. The van der Waals surface area contributed by atoms with Crippen molar-refractivity contribution in [1.29, 1.82) is 0 Å². The molecule has 0 aromatic heterocycles. The van der Waals surface area contributed by atoms with E-state index in [1.807, 2.05) is 6.07 Å². The fourth-order valence-electron chi connectivity index (χ4n) is 0.756. The van der Waals surface area contributed by atoms with Crippen LogP contribution < -0.4 is 17.8 Å². The first kappa shape index (κ1) is 19.9. The zero-order chi connectivity index (χ0) is 10.1. The molecule has 0 saturated carbocycles. The summed E-state index contributed by atoms with van der Waals surface area (Å²) >= 11 is 0. The Bertz CT molecular complexity index is 262. The summed E-state index contributed by atoms with van der Waals surface area (Å²) in [6, 6.07) is 6.96. The molecule has 0 saturated heterocycles. The van der Waals surface area contributed by atoms with Crippen molar-refractivity contribution in [1.82, 2.24) is 5.43 Å². The molecule has 0 spiro atoms. The summed E-state index contributed by atoms with van der Waals surface area (Å²) in [6.45, 7) is 1.70. The van der Waals surface area contributed by atoms with E-state index in [1.54, 1.807) is 18.2 Å². The molecule has 0 aliphatic carbocycles. The van der Waals surface area contributed by atoms with E-state index in [4.69, 9.17) is 15.7 Å². The summed E-state index contributed by atoms with van der Waals surface area (Å²) in [5.74, 6) is 6.91. The number of aromatic hydroxyl groups is 1. The van der Waals surface area contributed by atoms with Gasteiger partial charge in [0.25, 0.3) is 0 Å². The second kappa shape index (κ2) is 13.4. The van der Waals surface area contributed by atoms with Crippen LogP contribution in [0.4, 0.5) is 0 Å². The average molecular weight is 275 g/mol. The Labute approximate surface area is 106 Å². The number of rotatable bonds is 2. The van der Waals surface area contributed by atoms with Crippen LogP contribution in [0.1, 0.15) is 12.5 Å². The molecular weight excluding hydrogens is 262 g/mol. The van der Waals surface area contributed by atoms with E-state index >= 15 is 0 Å². The zero-order valence-corrected chi connectivity index (χ0v) is 9.88. The quantitative estimate of drug-likeness (QED) is 0.513. The van der Waals surface area contributed by atoms with Gasteiger partial charge in [0.15, 0.2) is 0 Å². The molecule has 1 aromatic rings. The van der Waals surface area contributed by atoms with Gasteiger partial charge in [-0.15, -0.1) is 0 Å². The third-order valence-electron chi connectivity index (χ3n) is 1.27. The van der Waals surface area contributed by atoms with E-state index < -0.39 is 0 Å². The number of carbonyl (C=O) groups excluding carboxylic acids is 1. The first-order valence-corrected chi connectivity index (χ1v) is 3.71. The molecular formula is C9H12ClCoN2O2. The average Bonchev–Trinajstić information content (AvgIpc) is 2.11. The summed E-state index contributed by atoms with van der Waals surface area (Å²) in [5.41, 5.74) is 2.96. The Morgan fingerprint density at radius 3 is 2.33 bits per heavy atom. The van der Waals surface area contributed by atoms with E-state index in [0.717, 1.165) is 5.56 Å². The van der Waals surface area contributed by atoms with Crippen LogP contribution in [0.3, 0.4) is 0 Å². The molecule has 86 valence electrons. The molecule has 0 amide bonds. The number of hydrogen-bond donors (Lipinski definition) is 2. The molecule has 0 heterocycles. The Morgan fingerprint density at radius 2 is 1.93 bits per heavy atom. The van der Waals surface area contributed by atoms with Crippen LogP contribution in [0.2, 0.25) is 0 Å². The summed E-state index contributed by atoms with van der Waals surface area (Å²) in [6.07, 6.45) is 1.50. The van der Waals surface area contributed by atoms with E-state index in [9.17, 15) is 0 Å². The maximum Gasteiger partial charge on any atom is 3.00 e. The van der Waals surface area contributed by atoms with Crippen molar-refractivity contribution in [3.63, 3.8) is 0 Å². The number of halogens is 1. The van der Waals surface area contributed by atoms with Gasteiger partial charge >= 0.3 is 16.8 Å². The van der Waals surface area contributed by atoms with Gasteiger partial charge in [0.2, 0.25) is 0 Å². The Kier molecular flexibility index (Phi) is 17.8. The molecule has 15 heavy (non-hydrogen) atoms. The Balaban J connectivity index is -0.000000260. The van der Waals surface area contributed by atoms with Crippen molar-refractivity contribution in [2.45, 2.75) is 13.5 Å². The minimum absolute atomic E-state index is 0. The summed E-state index contributed by atoms with van der Waals surface area (Å²) < 4.78 is 0. The number of hydrogen-bond acceptors (Lipinski definition) is 3. The number of para-hydroxylation sites is 1. The van der Waals surface area contributed by atoms with Crippen LogP contribution in [0.25, 0.3) is 5.84 Å². The summed E-state index contributed by atoms with van der Waals surface area (Å²) in [5, 5.41) is 9.12. The molecule has 0 aliphatic heterocycles. The molecule has 6 heteroatoms. The van der Waals surface area contributed by atoms with Gasteiger partial charge in [-0.05, 0) is 6.07 Å². The smallest absolute Gasteiger partial charge is 1.00 e. The van der Waals surface area contributed by atoms with Gasteiger partial charge in [-0.3, -0.25) is 6.29 Å². The van der Waals surface area contributed by atoms with Crippen molar-refractivity contribution in [2.75, 3.05) is 0 Å². The van der Waals surface area contributed by atoms with Crippen LogP contribution in [-0.2, 0) is 28.1 Å². The molecule has 0 aliphatic rings. The topological polar surface area (TPSA) is 73.1 Å². The molecule has 0 radical (unpaired) electrons. The van der Waals surface area contributed by atoms with Gasteiger partial charge in [0.1, 0.15) is 5.75 Å². The van der Waals surface area contributed by atoms with Crippen LogP contribution >= 0.6 is 0 Å². The van der Waals surface area contributed by atoms with E-state index in [2.05, 4.69) is 5.43 Å². The second-order valence-corrected chi connectivity index (χ2v) is 2.19. The third kappa shape index (κ3) is 9.70. The molecule has 0 fully saturated rings. The predicted octanol–water partition coefficient (Wildman–Crippen LogP) is -1.43. The third-order valence-corrected chi connectivity index (χ3v) is 1.27. The summed E-state index contributed by atoms with van der Waals surface area (Å²) in [4.78, 5) is 8.68. The van der Waals surface area contributed by atoms with Gasteiger partial charge < -0.3 is 33.6 Å². The largest absolute Gasteiger partial charge is 3.00 e. The van der Waals surface area contributed by atoms with Gasteiger partial charge in [-0.2, -0.15) is 6.92 Å². The monoisotopic (exact) mass is 274 g/mol. The molecule has 3 N–H and O–H groups in total. The van der Waals surface area contributed by atoms with Crippen molar-refractivity contribution in [3.05, 3.63) is 35.7 Å². The van der Waals surface area contributed by atoms with Crippen molar-refractivity contribution >= 4 is 6.29 Å². The second-order valence-electron chi connectivity index (χ2n) is 2.19. The maximum atomic E-state index is 9.12. The van der Waals surface area contributed by atoms with Crippen LogP contribution in [0, 0.1) is 0 Å². The van der Waals surface area contributed by atoms with Crippen molar-refractivity contribution < 1.29 is 39.1 Å². The minimum Gasteiger partial charge on any atom is -1.00 e. The molecule has 4 nitrogen and oxygen atoms in total. The van der Waals surface area contributed by atoms with Crippen molar-refractivity contribution in [2.24, 2.45) is 0 Å². The number of phenolic OH excluding ortho intramolecular Hbond substituents is 1. The van der Waals surface area contributed by atoms with Crippen LogP contribution in [-0.4, -0.2) is 11.4 Å². The van der Waals surface area contributed by atoms with Crippen LogP contribution in [0.15, 0.2) is 24.3 Å². The first-order chi connectivity index (χ1) is 6.26. The molecule has 1 rings (SSSR count). The molecule has 0 bridgehead atoms.